The molecular weight excluding hydrogens is 292 g/mol. The van der Waals surface area contributed by atoms with Crippen LogP contribution in [0.1, 0.15) is 0 Å². The van der Waals surface area contributed by atoms with Crippen LogP contribution in [-0.2, 0) is 14.3 Å². The van der Waals surface area contributed by atoms with Gasteiger partial charge in [-0.25, -0.2) is 19.8 Å². The Labute approximate surface area is 127 Å². The van der Waals surface area contributed by atoms with Crippen LogP contribution in [0.5, 0.6) is 0 Å². The van der Waals surface area contributed by atoms with Crippen molar-refractivity contribution in [3.8, 4) is 0 Å². The maximum Gasteiger partial charge on any atom is 0.373 e. The zero-order valence-corrected chi connectivity index (χ0v) is 13.8. The zero-order valence-electron chi connectivity index (χ0n) is 12.9. The first-order valence-electron chi connectivity index (χ1n) is 6.47. The molecule has 0 aromatic rings. The molecule has 0 amide bonds. The number of methoxy groups -OCH3 is 1. The summed E-state index contributed by atoms with van der Waals surface area (Å²) in [6, 6.07) is 0. The maximum absolute atomic E-state index is 11.4. The molecule has 120 valence electrons. The molecule has 3 N–H and O–H groups in total. The van der Waals surface area contributed by atoms with E-state index in [1.54, 1.807) is 0 Å². The maximum atomic E-state index is 11.4. The molecule has 0 spiro atoms. The molecular formula is C13H24N4O3S. The number of rotatable bonds is 8. The second-order valence-corrected chi connectivity index (χ2v) is 9.96. The number of hydrogen-bond donors (Lipinski definition) is 3. The van der Waals surface area contributed by atoms with E-state index in [0.717, 1.165) is 5.75 Å². The van der Waals surface area contributed by atoms with Gasteiger partial charge in [0, 0.05) is 23.7 Å². The number of nitrogens with one attached hydrogen (secondary N) is 3. The number of carbonyl (C=O) groups excluding carboxylic acids is 1. The van der Waals surface area contributed by atoms with E-state index in [0.29, 0.717) is 18.9 Å². The van der Waals surface area contributed by atoms with Gasteiger partial charge in [0.1, 0.15) is 6.17 Å². The zero-order chi connectivity index (χ0) is 15.9. The second-order valence-electron chi connectivity index (χ2n) is 5.37. The SMILES string of the molecule is COC(=O)C1=NC=C(C=N)C(NCOCCS(C)(C)C)N1. The molecule has 8 heteroatoms. The van der Waals surface area contributed by atoms with Crippen LogP contribution >= 0.6 is 10.0 Å². The first kappa shape index (κ1) is 17.7. The van der Waals surface area contributed by atoms with E-state index >= 15 is 0 Å². The van der Waals surface area contributed by atoms with Crippen LogP contribution in [0.15, 0.2) is 16.8 Å². The normalized spacial score (nSPS) is 19.1. The number of amidine groups is 1. The lowest BCUT2D eigenvalue weighted by atomic mass is 10.2. The Bertz CT molecular complexity index is 443. The van der Waals surface area contributed by atoms with Crippen molar-refractivity contribution in [2.75, 3.05) is 45.0 Å². The molecule has 0 saturated carbocycles. The molecule has 1 rings (SSSR count). The summed E-state index contributed by atoms with van der Waals surface area (Å²) in [6.07, 6.45) is 8.97. The van der Waals surface area contributed by atoms with Crippen LogP contribution in [0.3, 0.4) is 0 Å². The topological polar surface area (TPSA) is 95.8 Å². The van der Waals surface area contributed by atoms with Crippen LogP contribution in [0.4, 0.5) is 0 Å². The van der Waals surface area contributed by atoms with Gasteiger partial charge in [-0.1, -0.05) is 0 Å². The molecule has 0 saturated heterocycles. The van der Waals surface area contributed by atoms with Gasteiger partial charge in [-0.05, 0) is 18.8 Å². The molecule has 0 bridgehead atoms. The summed E-state index contributed by atoms with van der Waals surface area (Å²) in [6.45, 7) is 1.01. The predicted molar refractivity (Wildman–Crippen MR) is 87.4 cm³/mol. The summed E-state index contributed by atoms with van der Waals surface area (Å²) in [5, 5.41) is 13.3. The molecule has 1 aliphatic heterocycles. The van der Waals surface area contributed by atoms with Crippen molar-refractivity contribution < 1.29 is 14.3 Å². The Morgan fingerprint density at radius 3 is 2.86 bits per heavy atom. The summed E-state index contributed by atoms with van der Waals surface area (Å²) >= 11 is 0. The number of hydrogen-bond acceptors (Lipinski definition) is 7. The Morgan fingerprint density at radius 2 is 2.29 bits per heavy atom. The average molecular weight is 316 g/mol. The Hall–Kier alpha value is -1.38. The lowest BCUT2D eigenvalue weighted by Gasteiger charge is -2.26. The molecule has 0 aromatic carbocycles. The molecule has 1 atom stereocenters. The molecule has 1 unspecified atom stereocenters. The summed E-state index contributed by atoms with van der Waals surface area (Å²) in [4.78, 5) is 15.4. The van der Waals surface area contributed by atoms with Crippen molar-refractivity contribution in [3.63, 3.8) is 0 Å². The number of ether oxygens (including phenoxy) is 2. The Morgan fingerprint density at radius 1 is 1.57 bits per heavy atom. The van der Waals surface area contributed by atoms with Crippen molar-refractivity contribution in [1.29, 1.82) is 5.41 Å². The number of carbonyl (C=O) groups is 1. The van der Waals surface area contributed by atoms with Crippen molar-refractivity contribution in [2.45, 2.75) is 6.17 Å². The number of aliphatic imine (C=N–C) groups is 1. The van der Waals surface area contributed by atoms with E-state index in [1.807, 2.05) is 0 Å². The van der Waals surface area contributed by atoms with Gasteiger partial charge in [0.05, 0.1) is 20.4 Å². The van der Waals surface area contributed by atoms with Gasteiger partial charge in [-0.15, -0.1) is 0 Å². The van der Waals surface area contributed by atoms with Gasteiger partial charge in [0.2, 0.25) is 5.84 Å². The fourth-order valence-electron chi connectivity index (χ4n) is 1.49. The lowest BCUT2D eigenvalue weighted by Crippen LogP contribution is -2.51. The van der Waals surface area contributed by atoms with E-state index in [4.69, 9.17) is 10.1 Å². The predicted octanol–water partition coefficient (Wildman–Crippen LogP) is 0.278. The van der Waals surface area contributed by atoms with Crippen LogP contribution in [0, 0.1) is 5.41 Å². The summed E-state index contributed by atoms with van der Waals surface area (Å²) < 4.78 is 10.2. The molecule has 21 heavy (non-hydrogen) atoms. The Kier molecular flexibility index (Phi) is 6.86. The molecule has 0 fully saturated rings. The summed E-state index contributed by atoms with van der Waals surface area (Å²) in [5.41, 5.74) is 0.618. The third-order valence-corrected chi connectivity index (χ3v) is 4.12. The van der Waals surface area contributed by atoms with Crippen LogP contribution in [-0.4, -0.2) is 69.2 Å². The van der Waals surface area contributed by atoms with E-state index in [-0.39, 0.29) is 5.84 Å². The van der Waals surface area contributed by atoms with E-state index in [2.05, 4.69) is 39.1 Å². The second kappa shape index (κ2) is 8.16. The monoisotopic (exact) mass is 316 g/mol. The highest BCUT2D eigenvalue weighted by molar-refractivity contribution is 8.32. The largest absolute Gasteiger partial charge is 0.463 e. The van der Waals surface area contributed by atoms with Crippen LogP contribution < -0.4 is 10.6 Å². The number of nitrogens with zero attached hydrogens (tertiary/aromatic N) is 1. The summed E-state index contributed by atoms with van der Waals surface area (Å²) in [7, 11) is 0.730. The standard InChI is InChI=1S/C13H24N4O3S/c1-19-13(18)12-15-8-10(7-14)11(17-12)16-9-20-5-6-21(2,3)4/h7-8,11,14,16H,5-6,9H2,1-4H3,(H,15,17). The molecule has 0 aromatic heterocycles. The smallest absolute Gasteiger partial charge is 0.373 e. The highest BCUT2D eigenvalue weighted by Gasteiger charge is 2.22. The first-order valence-corrected chi connectivity index (χ1v) is 9.50. The molecule has 0 aliphatic carbocycles. The first-order chi connectivity index (χ1) is 9.87. The molecule has 0 radical (unpaired) electrons. The van der Waals surface area contributed by atoms with Gasteiger partial charge in [0.25, 0.3) is 0 Å². The minimum Gasteiger partial charge on any atom is -0.463 e. The van der Waals surface area contributed by atoms with Crippen LogP contribution in [0.2, 0.25) is 0 Å². The van der Waals surface area contributed by atoms with Crippen molar-refractivity contribution in [3.05, 3.63) is 11.8 Å². The van der Waals surface area contributed by atoms with E-state index in [9.17, 15) is 4.79 Å². The van der Waals surface area contributed by atoms with Crippen molar-refractivity contribution in [1.82, 2.24) is 10.6 Å². The average Bonchev–Trinajstić information content (AvgIpc) is 2.44. The van der Waals surface area contributed by atoms with Crippen molar-refractivity contribution in [2.24, 2.45) is 4.99 Å². The highest BCUT2D eigenvalue weighted by Crippen LogP contribution is 2.33. The lowest BCUT2D eigenvalue weighted by molar-refractivity contribution is -0.133. The molecule has 1 aliphatic rings. The Balaban J connectivity index is 2.44. The van der Waals surface area contributed by atoms with Crippen LogP contribution in [0.25, 0.3) is 0 Å². The molecule has 1 heterocycles. The minimum atomic E-state index is -0.565. The fraction of sp³-hybridized carbons (Fsp3) is 0.615. The van der Waals surface area contributed by atoms with Gasteiger partial charge in [-0.3, -0.25) is 5.32 Å². The van der Waals surface area contributed by atoms with Crippen molar-refractivity contribution >= 4 is 28.0 Å². The van der Waals surface area contributed by atoms with E-state index in [1.165, 1.54) is 19.5 Å². The van der Waals surface area contributed by atoms with E-state index < -0.39 is 22.2 Å². The van der Waals surface area contributed by atoms with Gasteiger partial charge in [-0.2, -0.15) is 0 Å². The quantitative estimate of drug-likeness (QED) is 0.259. The van der Waals surface area contributed by atoms with Gasteiger partial charge < -0.3 is 20.2 Å². The van der Waals surface area contributed by atoms with Gasteiger partial charge in [0.15, 0.2) is 0 Å². The van der Waals surface area contributed by atoms with Gasteiger partial charge >= 0.3 is 5.97 Å². The third kappa shape index (κ3) is 6.28. The minimum absolute atomic E-state index is 0.111. The highest BCUT2D eigenvalue weighted by atomic mass is 32.3. The number of esters is 1. The fourth-order valence-corrected chi connectivity index (χ4v) is 2.11. The third-order valence-electron chi connectivity index (χ3n) is 2.73. The summed E-state index contributed by atoms with van der Waals surface area (Å²) in [5.74, 6) is 0.605. The molecule has 7 nitrogen and oxygen atoms in total.